The Labute approximate surface area is 178 Å². The maximum atomic E-state index is 12.5. The van der Waals surface area contributed by atoms with Gasteiger partial charge in [-0.25, -0.2) is 0 Å². The van der Waals surface area contributed by atoms with Gasteiger partial charge in [0.25, 0.3) is 5.91 Å². The number of oxime groups is 1. The van der Waals surface area contributed by atoms with Crippen molar-refractivity contribution in [1.82, 2.24) is 14.4 Å². The average molecular weight is 410 g/mol. The van der Waals surface area contributed by atoms with Gasteiger partial charge >= 0.3 is 0 Å². The lowest BCUT2D eigenvalue weighted by molar-refractivity contribution is 0.0801. The van der Waals surface area contributed by atoms with E-state index in [4.69, 9.17) is 0 Å². The molecule has 0 saturated carbocycles. The predicted octanol–water partition coefficient (Wildman–Crippen LogP) is 2.74. The minimum Gasteiger partial charge on any atom is -0.411 e. The highest BCUT2D eigenvalue weighted by Crippen LogP contribution is 2.21. The van der Waals surface area contributed by atoms with Crippen LogP contribution in [0.15, 0.2) is 47.8 Å². The average Bonchev–Trinajstić information content (AvgIpc) is 3.16. The van der Waals surface area contributed by atoms with Crippen LogP contribution in [0.2, 0.25) is 0 Å². The Morgan fingerprint density at radius 3 is 2.43 bits per heavy atom. The van der Waals surface area contributed by atoms with Gasteiger partial charge in [0.05, 0.1) is 11.3 Å². The maximum Gasteiger partial charge on any atom is 0.255 e. The number of fused-ring (bicyclic) bond motifs is 1. The number of rotatable bonds is 6. The molecule has 0 spiro atoms. The van der Waals surface area contributed by atoms with Gasteiger partial charge < -0.3 is 19.6 Å². The molecule has 7 heteroatoms. The van der Waals surface area contributed by atoms with E-state index < -0.39 is 0 Å². The molecule has 0 radical (unpaired) electrons. The summed E-state index contributed by atoms with van der Waals surface area (Å²) in [6.07, 6.45) is 4.66. The number of hydrogen-bond donors (Lipinski definition) is 1. The summed E-state index contributed by atoms with van der Waals surface area (Å²) < 4.78 is 2.08. The molecule has 1 saturated heterocycles. The van der Waals surface area contributed by atoms with Gasteiger partial charge in [-0.2, -0.15) is 0 Å². The Morgan fingerprint density at radius 2 is 1.70 bits per heavy atom. The number of nitrogens with zero attached hydrogens (tertiary/aromatic N) is 5. The highest BCUT2D eigenvalue weighted by atomic mass is 16.4. The number of aromatic nitrogens is 1. The highest BCUT2D eigenvalue weighted by Gasteiger charge is 2.27. The van der Waals surface area contributed by atoms with Crippen LogP contribution < -0.4 is 4.90 Å². The fraction of sp³-hybridized carbons (Fsp3) is 0.478. The number of amides is 1. The van der Waals surface area contributed by atoms with Gasteiger partial charge in [-0.05, 0) is 37.6 Å². The first-order chi connectivity index (χ1) is 14.7. The van der Waals surface area contributed by atoms with Gasteiger partial charge in [0, 0.05) is 64.6 Å². The van der Waals surface area contributed by atoms with Gasteiger partial charge in [0.15, 0.2) is 0 Å². The summed E-state index contributed by atoms with van der Waals surface area (Å²) in [6.45, 7) is 6.82. The summed E-state index contributed by atoms with van der Waals surface area (Å²) in [5, 5.41) is 12.9. The van der Waals surface area contributed by atoms with Gasteiger partial charge in [0.2, 0.25) is 0 Å². The van der Waals surface area contributed by atoms with Gasteiger partial charge in [-0.15, -0.1) is 0 Å². The minimum absolute atomic E-state index is 0.00122. The molecule has 2 aliphatic rings. The van der Waals surface area contributed by atoms with Gasteiger partial charge in [0.1, 0.15) is 5.71 Å². The summed E-state index contributed by atoms with van der Waals surface area (Å²) in [4.78, 5) is 19.2. The van der Waals surface area contributed by atoms with E-state index >= 15 is 0 Å². The van der Waals surface area contributed by atoms with E-state index in [2.05, 4.69) is 49.9 Å². The number of para-hydroxylation sites is 1. The molecule has 4 rings (SSSR count). The zero-order valence-electron chi connectivity index (χ0n) is 17.7. The van der Waals surface area contributed by atoms with Crippen LogP contribution in [-0.4, -0.2) is 77.5 Å². The molecule has 2 aromatic rings. The van der Waals surface area contributed by atoms with Crippen molar-refractivity contribution in [3.63, 3.8) is 0 Å². The third-order valence-corrected chi connectivity index (χ3v) is 6.24. The molecule has 7 nitrogen and oxygen atoms in total. The van der Waals surface area contributed by atoms with E-state index in [-0.39, 0.29) is 5.91 Å². The topological polar surface area (TPSA) is 64.3 Å². The van der Waals surface area contributed by atoms with E-state index in [1.165, 1.54) is 5.69 Å². The van der Waals surface area contributed by atoms with Crippen LogP contribution in [0.5, 0.6) is 0 Å². The normalized spacial score (nSPS) is 19.2. The van der Waals surface area contributed by atoms with Crippen LogP contribution in [0, 0.1) is 0 Å². The largest absolute Gasteiger partial charge is 0.411 e. The van der Waals surface area contributed by atoms with Crippen molar-refractivity contribution in [3.8, 4) is 0 Å². The number of carbonyl (C=O) groups is 1. The van der Waals surface area contributed by atoms with E-state index in [9.17, 15) is 10.0 Å². The zero-order chi connectivity index (χ0) is 20.9. The van der Waals surface area contributed by atoms with Crippen molar-refractivity contribution in [2.75, 3.05) is 51.2 Å². The molecular formula is C23H31N5O2. The molecule has 0 aliphatic carbocycles. The van der Waals surface area contributed by atoms with Crippen LogP contribution in [0.25, 0.3) is 0 Å². The van der Waals surface area contributed by atoms with E-state index in [1.54, 1.807) is 11.9 Å². The Hall–Kier alpha value is -2.80. The zero-order valence-corrected chi connectivity index (χ0v) is 17.7. The summed E-state index contributed by atoms with van der Waals surface area (Å²) in [6, 6.07) is 12.5. The molecule has 160 valence electrons. The monoisotopic (exact) mass is 409 g/mol. The van der Waals surface area contributed by atoms with E-state index in [0.717, 1.165) is 57.8 Å². The molecule has 1 N–H and O–H groups in total. The molecule has 3 heterocycles. The smallest absolute Gasteiger partial charge is 0.255 e. The van der Waals surface area contributed by atoms with Crippen molar-refractivity contribution < 1.29 is 10.0 Å². The molecular weight excluding hydrogens is 378 g/mol. The number of aryl methyl sites for hydroxylation is 1. The first-order valence-corrected chi connectivity index (χ1v) is 10.9. The number of carbonyl (C=O) groups excluding carboxylic acids is 1. The van der Waals surface area contributed by atoms with Crippen LogP contribution in [0.3, 0.4) is 0 Å². The Bertz CT molecular complexity index is 884. The van der Waals surface area contributed by atoms with Crippen molar-refractivity contribution in [2.45, 2.75) is 25.8 Å². The van der Waals surface area contributed by atoms with Crippen LogP contribution >= 0.6 is 0 Å². The molecule has 2 aliphatic heterocycles. The molecule has 0 bridgehead atoms. The second-order valence-corrected chi connectivity index (χ2v) is 8.17. The van der Waals surface area contributed by atoms with Crippen LogP contribution in [0.1, 0.15) is 35.3 Å². The molecule has 1 aromatic heterocycles. The summed E-state index contributed by atoms with van der Waals surface area (Å²) in [5.74, 6) is -0.00122. The minimum atomic E-state index is -0.00122. The fourth-order valence-electron chi connectivity index (χ4n) is 4.44. The summed E-state index contributed by atoms with van der Waals surface area (Å²) >= 11 is 0. The fourth-order valence-corrected chi connectivity index (χ4v) is 4.44. The van der Waals surface area contributed by atoms with Crippen LogP contribution in [-0.2, 0) is 6.54 Å². The van der Waals surface area contributed by atoms with E-state index in [0.29, 0.717) is 24.2 Å². The van der Waals surface area contributed by atoms with E-state index in [1.807, 2.05) is 12.3 Å². The number of hydrogen-bond acceptors (Lipinski definition) is 5. The number of anilines is 1. The lowest BCUT2D eigenvalue weighted by Crippen LogP contribution is -2.46. The number of piperazine rings is 1. The van der Waals surface area contributed by atoms with Crippen molar-refractivity contribution in [3.05, 3.63) is 53.9 Å². The summed E-state index contributed by atoms with van der Waals surface area (Å²) in [5.41, 5.74) is 3.33. The van der Waals surface area contributed by atoms with Gasteiger partial charge in [-0.3, -0.25) is 9.69 Å². The second kappa shape index (κ2) is 9.34. The molecule has 1 fully saturated rings. The van der Waals surface area contributed by atoms with Crippen molar-refractivity contribution in [1.29, 1.82) is 0 Å². The third kappa shape index (κ3) is 4.36. The molecule has 1 amide bonds. The number of unbranched alkanes of at least 4 members (excludes halogenated alkanes) is 1. The molecule has 1 aromatic carbocycles. The molecule has 30 heavy (non-hydrogen) atoms. The second-order valence-electron chi connectivity index (χ2n) is 8.17. The first-order valence-electron chi connectivity index (χ1n) is 10.9. The Kier molecular flexibility index (Phi) is 6.38. The van der Waals surface area contributed by atoms with Gasteiger partial charge in [-0.1, -0.05) is 23.4 Å². The summed E-state index contributed by atoms with van der Waals surface area (Å²) in [7, 11) is 1.79. The third-order valence-electron chi connectivity index (χ3n) is 6.24. The quantitative estimate of drug-likeness (QED) is 0.453. The lowest BCUT2D eigenvalue weighted by Gasteiger charge is -2.36. The maximum absolute atomic E-state index is 12.5. The Balaban J connectivity index is 1.27. The standard InChI is InChI=1S/C23H31N5O2/c1-25-13-10-21(24-30)22-20(23(25)29)9-14-28(22)12-6-5-11-26-15-17-27(18-16-26)19-7-3-2-4-8-19/h2-4,7-9,14,30H,5-6,10-13,15-18H2,1H3/b24-21+. The molecule has 0 atom stereocenters. The highest BCUT2D eigenvalue weighted by molar-refractivity contribution is 6.10. The Morgan fingerprint density at radius 1 is 0.967 bits per heavy atom. The predicted molar refractivity (Wildman–Crippen MR) is 119 cm³/mol. The first kappa shape index (κ1) is 20.5. The number of benzene rings is 1. The SMILES string of the molecule is CN1CC/C(=N\O)c2c(ccn2CCCCN2CCN(c3ccccc3)CC2)C1=O. The van der Waals surface area contributed by atoms with Crippen molar-refractivity contribution >= 4 is 17.3 Å². The molecule has 0 unspecified atom stereocenters. The lowest BCUT2D eigenvalue weighted by atomic mass is 10.1. The van der Waals surface area contributed by atoms with Crippen molar-refractivity contribution in [2.24, 2.45) is 5.16 Å². The van der Waals surface area contributed by atoms with Crippen LogP contribution in [0.4, 0.5) is 5.69 Å².